The van der Waals surface area contributed by atoms with Crippen molar-refractivity contribution in [2.24, 2.45) is 5.41 Å². The highest BCUT2D eigenvalue weighted by atomic mass is 16.6. The second-order valence-corrected chi connectivity index (χ2v) is 25.9. The van der Waals surface area contributed by atoms with Crippen LogP contribution in [0.3, 0.4) is 0 Å². The van der Waals surface area contributed by atoms with Crippen LogP contribution in [0.15, 0.2) is 24.3 Å². The van der Waals surface area contributed by atoms with E-state index >= 15 is 0 Å². The summed E-state index contributed by atoms with van der Waals surface area (Å²) in [6.07, 6.45) is 1.02. The van der Waals surface area contributed by atoms with E-state index in [4.69, 9.17) is 18.9 Å². The van der Waals surface area contributed by atoms with Crippen molar-refractivity contribution >= 4 is 23.9 Å². The van der Waals surface area contributed by atoms with Gasteiger partial charge in [-0.2, -0.15) is 0 Å². The first-order chi connectivity index (χ1) is 35.3. The Morgan fingerprint density at radius 2 is 0.494 bits per heavy atom. The van der Waals surface area contributed by atoms with Gasteiger partial charge in [0.15, 0.2) is 0 Å². The van der Waals surface area contributed by atoms with Crippen LogP contribution in [0.1, 0.15) is 198 Å². The van der Waals surface area contributed by atoms with Gasteiger partial charge in [-0.3, -0.25) is 19.2 Å². The molecule has 4 rings (SSSR count). The van der Waals surface area contributed by atoms with Gasteiger partial charge in [-0.25, -0.2) is 0 Å². The Labute approximate surface area is 460 Å². The molecule has 4 aromatic carbocycles. The highest BCUT2D eigenvalue weighted by Crippen LogP contribution is 2.41. The van der Waals surface area contributed by atoms with Crippen LogP contribution in [-0.2, 0) is 85.5 Å². The molecule has 12 heteroatoms. The molecular weight excluding hydrogens is 973 g/mol. The van der Waals surface area contributed by atoms with Gasteiger partial charge in [0.2, 0.25) is 0 Å². The number of phenolic OH excluding ortho intramolecular Hbond substituents is 4. The van der Waals surface area contributed by atoms with Gasteiger partial charge >= 0.3 is 23.9 Å². The monoisotopic (exact) mass is 1060 g/mol. The Morgan fingerprint density at radius 1 is 0.325 bits per heavy atom. The summed E-state index contributed by atoms with van der Waals surface area (Å²) in [7, 11) is 0. The van der Waals surface area contributed by atoms with Crippen molar-refractivity contribution in [3.63, 3.8) is 0 Å². The second-order valence-electron chi connectivity index (χ2n) is 25.9. The van der Waals surface area contributed by atoms with Crippen molar-refractivity contribution in [3.05, 3.63) is 113 Å². The fraction of sp³-hybridized carbons (Fsp3) is 0.569. The molecule has 0 radical (unpaired) electrons. The van der Waals surface area contributed by atoms with Crippen molar-refractivity contribution in [1.82, 2.24) is 0 Å². The average molecular weight is 1070 g/mol. The summed E-state index contributed by atoms with van der Waals surface area (Å²) >= 11 is 0. The molecule has 0 aliphatic heterocycles. The lowest BCUT2D eigenvalue weighted by Gasteiger charge is -2.32. The van der Waals surface area contributed by atoms with Gasteiger partial charge in [0, 0.05) is 25.7 Å². The highest BCUT2D eigenvalue weighted by molar-refractivity contribution is 5.72. The smallest absolute Gasteiger partial charge is 0.306 e. The predicted octanol–water partition coefficient (Wildman–Crippen LogP) is 13.2. The normalized spacial score (nSPS) is 12.4. The average Bonchev–Trinajstić information content (AvgIpc) is 3.32. The van der Waals surface area contributed by atoms with Crippen molar-refractivity contribution in [2.45, 2.75) is 212 Å². The molecule has 424 valence electrons. The van der Waals surface area contributed by atoms with Crippen molar-refractivity contribution < 1.29 is 58.6 Å². The molecular formula is C65H92O12. The first kappa shape index (κ1) is 63.5. The fourth-order valence-electron chi connectivity index (χ4n) is 9.63. The van der Waals surface area contributed by atoms with E-state index in [1.807, 2.05) is 163 Å². The van der Waals surface area contributed by atoms with Gasteiger partial charge in [-0.1, -0.05) is 107 Å². The van der Waals surface area contributed by atoms with Crippen LogP contribution in [0.25, 0.3) is 0 Å². The first-order valence-electron chi connectivity index (χ1n) is 27.2. The van der Waals surface area contributed by atoms with E-state index in [-0.39, 0.29) is 70.3 Å². The predicted molar refractivity (Wildman–Crippen MR) is 305 cm³/mol. The summed E-state index contributed by atoms with van der Waals surface area (Å²) in [6.45, 7) is 37.3. The summed E-state index contributed by atoms with van der Waals surface area (Å²) in [5, 5.41) is 44.1. The van der Waals surface area contributed by atoms with Crippen LogP contribution in [0, 0.1) is 60.8 Å². The van der Waals surface area contributed by atoms with Gasteiger partial charge in [-0.05, 0) is 192 Å². The fourth-order valence-corrected chi connectivity index (χ4v) is 9.63. The number of aromatic hydroxyl groups is 4. The molecule has 0 unspecified atom stereocenters. The number of rotatable bonds is 20. The quantitative estimate of drug-likeness (QED) is 0.0485. The number of esters is 4. The second kappa shape index (κ2) is 24.7. The molecule has 0 heterocycles. The number of hydrogen-bond acceptors (Lipinski definition) is 12. The maximum absolute atomic E-state index is 13.9. The van der Waals surface area contributed by atoms with Crippen LogP contribution in [0.5, 0.6) is 23.0 Å². The number of aryl methyl sites for hydroxylation is 4. The molecule has 0 aliphatic rings. The van der Waals surface area contributed by atoms with E-state index in [2.05, 4.69) is 0 Å². The van der Waals surface area contributed by atoms with Gasteiger partial charge in [0.25, 0.3) is 0 Å². The minimum Gasteiger partial charge on any atom is -0.507 e. The Kier molecular flexibility index (Phi) is 20.4. The summed E-state index contributed by atoms with van der Waals surface area (Å²) in [5.74, 6) is -1.47. The molecule has 0 aromatic heterocycles. The number of carbonyl (C=O) groups excluding carboxylic acids is 4. The number of carbonyl (C=O) groups is 4. The highest BCUT2D eigenvalue weighted by Gasteiger charge is 2.39. The molecule has 4 N–H and O–H groups in total. The molecule has 77 heavy (non-hydrogen) atoms. The zero-order valence-corrected chi connectivity index (χ0v) is 50.3. The third kappa shape index (κ3) is 16.0. The van der Waals surface area contributed by atoms with Gasteiger partial charge in [0.1, 0.15) is 54.8 Å². The van der Waals surface area contributed by atoms with Crippen LogP contribution in [0.4, 0.5) is 0 Å². The molecule has 0 spiro atoms. The third-order valence-electron chi connectivity index (χ3n) is 15.7. The number of phenols is 4. The molecule has 0 aliphatic carbocycles. The third-order valence-corrected chi connectivity index (χ3v) is 15.7. The molecule has 0 saturated carbocycles. The Bertz CT molecular complexity index is 2450. The minimum atomic E-state index is -1.56. The SMILES string of the molecule is Cc1c(CCC(=O)OCC(COC(=O)CCc2cc(C(C)(C)C)c(O)c(C)c2C)(COC(=O)CCc2cc(C(C)(C)C)c(O)c(C)c2C)COC(=O)CCc2cc(C(C)(C)C)c(O)c(C)c2C)cc(C(C)(C)C)c(O)c1C. The lowest BCUT2D eigenvalue weighted by molar-refractivity contribution is -0.170. The Hall–Kier alpha value is -6.04. The lowest BCUT2D eigenvalue weighted by Crippen LogP contribution is -2.44. The van der Waals surface area contributed by atoms with Gasteiger partial charge in [0.05, 0.1) is 0 Å². The summed E-state index contributed by atoms with van der Waals surface area (Å²) in [4.78, 5) is 55.6. The van der Waals surface area contributed by atoms with Crippen molar-refractivity contribution in [2.75, 3.05) is 26.4 Å². The van der Waals surface area contributed by atoms with Crippen molar-refractivity contribution in [3.8, 4) is 23.0 Å². The Morgan fingerprint density at radius 3 is 0.649 bits per heavy atom. The molecule has 0 fully saturated rings. The van der Waals surface area contributed by atoms with E-state index in [1.165, 1.54) is 0 Å². The molecule has 0 saturated heterocycles. The van der Waals surface area contributed by atoms with Crippen LogP contribution < -0.4 is 0 Å². The van der Waals surface area contributed by atoms with Crippen molar-refractivity contribution in [1.29, 1.82) is 0 Å². The summed E-state index contributed by atoms with van der Waals surface area (Å²) in [6, 6.07) is 7.70. The van der Waals surface area contributed by atoms with E-state index < -0.39 is 55.7 Å². The van der Waals surface area contributed by atoms with Crippen LogP contribution in [0.2, 0.25) is 0 Å². The number of hydrogen-bond donors (Lipinski definition) is 4. The minimum absolute atomic E-state index is 0.0457. The summed E-state index contributed by atoms with van der Waals surface area (Å²) < 4.78 is 24.1. The van der Waals surface area contributed by atoms with E-state index in [1.54, 1.807) is 0 Å². The lowest BCUT2D eigenvalue weighted by atomic mass is 9.82. The molecule has 0 bridgehead atoms. The Balaban J connectivity index is 1.70. The summed E-state index contributed by atoms with van der Waals surface area (Å²) in [5.41, 5.74) is 9.86. The van der Waals surface area contributed by atoms with Crippen LogP contribution in [-0.4, -0.2) is 70.7 Å². The first-order valence-corrected chi connectivity index (χ1v) is 27.2. The number of benzene rings is 4. The standard InChI is InChI=1S/C65H92O12/c1-37-41(5)57(70)49(61(9,10)11)29-45(37)21-25-53(66)74-33-65(34-75-54(67)26-22-46-30-50(62(12,13)14)58(71)42(6)38(46)2,35-76-55(68)27-23-47-31-51(63(15,16)17)59(72)43(7)39(47)3)36-77-56(69)28-24-48-32-52(64(18,19)20)60(73)44(8)40(48)4/h29-32,70-73H,21-28,33-36H2,1-20H3. The topological polar surface area (TPSA) is 186 Å². The van der Waals surface area contributed by atoms with Gasteiger partial charge < -0.3 is 39.4 Å². The van der Waals surface area contributed by atoms with E-state index in [0.29, 0.717) is 25.7 Å². The van der Waals surface area contributed by atoms with Crippen LogP contribution >= 0.6 is 0 Å². The maximum Gasteiger partial charge on any atom is 0.306 e. The largest absolute Gasteiger partial charge is 0.507 e. The molecule has 12 nitrogen and oxygen atoms in total. The maximum atomic E-state index is 13.9. The molecule has 4 aromatic rings. The molecule has 0 amide bonds. The zero-order valence-electron chi connectivity index (χ0n) is 50.3. The van der Waals surface area contributed by atoms with Gasteiger partial charge in [-0.15, -0.1) is 0 Å². The molecule has 0 atom stereocenters. The van der Waals surface area contributed by atoms with E-state index in [9.17, 15) is 39.6 Å². The zero-order chi connectivity index (χ0) is 58.5. The van der Waals surface area contributed by atoms with E-state index in [0.717, 1.165) is 89.0 Å². The number of ether oxygens (including phenoxy) is 4.